The van der Waals surface area contributed by atoms with Crippen molar-refractivity contribution < 1.29 is 5.11 Å². The second kappa shape index (κ2) is 5.44. The molecule has 110 valence electrons. The van der Waals surface area contributed by atoms with Crippen LogP contribution in [0.5, 0.6) is 0 Å². The fourth-order valence-electron chi connectivity index (χ4n) is 2.56. The zero-order valence-corrected chi connectivity index (χ0v) is 12.7. The molecule has 4 aromatic rings. The zero-order valence-electron chi connectivity index (χ0n) is 11.9. The van der Waals surface area contributed by atoms with Crippen LogP contribution in [0.2, 0.25) is 0 Å². The summed E-state index contributed by atoms with van der Waals surface area (Å²) in [6.07, 6.45) is 2.09. The van der Waals surface area contributed by atoms with Crippen molar-refractivity contribution in [2.24, 2.45) is 0 Å². The number of rotatable bonds is 4. The highest BCUT2D eigenvalue weighted by Crippen LogP contribution is 2.31. The molecule has 2 heterocycles. The highest BCUT2D eigenvalue weighted by Gasteiger charge is 2.10. The summed E-state index contributed by atoms with van der Waals surface area (Å²) >= 11 is 1.67. The van der Waals surface area contributed by atoms with Crippen molar-refractivity contribution >= 4 is 32.2 Å². The van der Waals surface area contributed by atoms with Gasteiger partial charge in [-0.1, -0.05) is 41.7 Å². The van der Waals surface area contributed by atoms with Gasteiger partial charge in [-0.05, 0) is 18.2 Å². The van der Waals surface area contributed by atoms with Gasteiger partial charge < -0.3 is 10.4 Å². The van der Waals surface area contributed by atoms with Crippen LogP contribution in [-0.2, 0) is 0 Å². The van der Waals surface area contributed by atoms with Gasteiger partial charge in [-0.25, -0.2) is 4.98 Å². The Kier molecular flexibility index (Phi) is 3.29. The Hall–Kier alpha value is -2.37. The van der Waals surface area contributed by atoms with Gasteiger partial charge >= 0.3 is 0 Å². The summed E-state index contributed by atoms with van der Waals surface area (Å²) in [4.78, 5) is 5.73. The Morgan fingerprint density at radius 1 is 1.14 bits per heavy atom. The summed E-state index contributed by atoms with van der Waals surface area (Å²) < 4.78 is 3.32. The summed E-state index contributed by atoms with van der Waals surface area (Å²) in [5, 5.41) is 12.1. The summed E-state index contributed by atoms with van der Waals surface area (Å²) in [6, 6.07) is 16.4. The minimum Gasteiger partial charge on any atom is -0.395 e. The quantitative estimate of drug-likeness (QED) is 0.605. The van der Waals surface area contributed by atoms with Gasteiger partial charge in [0.15, 0.2) is 4.96 Å². The molecule has 5 heteroatoms. The fourth-order valence-corrected chi connectivity index (χ4v) is 3.61. The molecule has 2 N–H and O–H groups in total. The number of thiazole rings is 1. The molecule has 4 rings (SSSR count). The van der Waals surface area contributed by atoms with E-state index in [-0.39, 0.29) is 6.61 Å². The van der Waals surface area contributed by atoms with E-state index in [1.54, 1.807) is 11.3 Å². The highest BCUT2D eigenvalue weighted by atomic mass is 32.1. The van der Waals surface area contributed by atoms with E-state index in [0.717, 1.165) is 27.4 Å². The molecule has 0 saturated carbocycles. The van der Waals surface area contributed by atoms with Gasteiger partial charge in [0.25, 0.3) is 0 Å². The third kappa shape index (κ3) is 2.24. The number of nitrogens with zero attached hydrogens (tertiary/aromatic N) is 2. The number of nitrogens with one attached hydrogen (secondary N) is 1. The number of aromatic nitrogens is 2. The molecule has 0 aliphatic rings. The van der Waals surface area contributed by atoms with Crippen LogP contribution in [0.25, 0.3) is 26.4 Å². The van der Waals surface area contributed by atoms with Gasteiger partial charge in [0.2, 0.25) is 0 Å². The first-order chi connectivity index (χ1) is 10.8. The second-order valence-electron chi connectivity index (χ2n) is 5.08. The van der Waals surface area contributed by atoms with Crippen LogP contribution in [0.1, 0.15) is 0 Å². The van der Waals surface area contributed by atoms with Crippen molar-refractivity contribution in [1.29, 1.82) is 0 Å². The number of anilines is 1. The monoisotopic (exact) mass is 309 g/mol. The Balaban J connectivity index is 1.78. The Labute approximate surface area is 131 Å². The SMILES string of the molecule is OCCNc1ccc2c(c1)sc1nc(-c3ccccc3)cn12. The van der Waals surface area contributed by atoms with Gasteiger partial charge in [0.05, 0.1) is 22.5 Å². The molecule has 0 aliphatic carbocycles. The van der Waals surface area contributed by atoms with Crippen LogP contribution in [-0.4, -0.2) is 27.6 Å². The first-order valence-corrected chi connectivity index (χ1v) is 7.98. The molecule has 22 heavy (non-hydrogen) atoms. The molecule has 0 bridgehead atoms. The predicted octanol–water partition coefficient (Wildman–Crippen LogP) is 3.62. The predicted molar refractivity (Wildman–Crippen MR) is 91.6 cm³/mol. The van der Waals surface area contributed by atoms with E-state index in [1.165, 1.54) is 4.70 Å². The molecule has 0 amide bonds. The lowest BCUT2D eigenvalue weighted by Gasteiger charge is -2.03. The smallest absolute Gasteiger partial charge is 0.195 e. The van der Waals surface area contributed by atoms with E-state index < -0.39 is 0 Å². The average molecular weight is 309 g/mol. The van der Waals surface area contributed by atoms with Crippen molar-refractivity contribution in [2.45, 2.75) is 0 Å². The largest absolute Gasteiger partial charge is 0.395 e. The van der Waals surface area contributed by atoms with Gasteiger partial charge in [-0.15, -0.1) is 0 Å². The zero-order chi connectivity index (χ0) is 14.9. The third-order valence-corrected chi connectivity index (χ3v) is 4.62. The Bertz CT molecular complexity index is 927. The molecule has 0 aliphatic heterocycles. The minimum atomic E-state index is 0.131. The van der Waals surface area contributed by atoms with E-state index in [9.17, 15) is 0 Å². The molecule has 2 aromatic carbocycles. The summed E-state index contributed by atoms with van der Waals surface area (Å²) in [5.41, 5.74) is 4.31. The van der Waals surface area contributed by atoms with Crippen LogP contribution in [0.4, 0.5) is 5.69 Å². The molecule has 0 radical (unpaired) electrons. The topological polar surface area (TPSA) is 49.6 Å². The van der Waals surface area contributed by atoms with Crippen molar-refractivity contribution in [2.75, 3.05) is 18.5 Å². The normalized spacial score (nSPS) is 11.3. The van der Waals surface area contributed by atoms with E-state index in [0.29, 0.717) is 6.54 Å². The van der Waals surface area contributed by atoms with Crippen molar-refractivity contribution in [1.82, 2.24) is 9.38 Å². The number of aliphatic hydroxyl groups is 1. The van der Waals surface area contributed by atoms with Crippen molar-refractivity contribution in [3.05, 3.63) is 54.7 Å². The molecular formula is C17H15N3OS. The van der Waals surface area contributed by atoms with E-state index in [2.05, 4.69) is 40.2 Å². The molecular weight excluding hydrogens is 294 g/mol. The fraction of sp³-hybridized carbons (Fsp3) is 0.118. The molecule has 0 saturated heterocycles. The average Bonchev–Trinajstić information content (AvgIpc) is 3.11. The van der Waals surface area contributed by atoms with Crippen molar-refractivity contribution in [3.63, 3.8) is 0 Å². The number of hydrogen-bond acceptors (Lipinski definition) is 4. The summed E-state index contributed by atoms with van der Waals surface area (Å²) in [6.45, 7) is 0.693. The molecule has 0 fully saturated rings. The van der Waals surface area contributed by atoms with Crippen LogP contribution in [0, 0.1) is 0 Å². The number of imidazole rings is 1. The molecule has 0 unspecified atom stereocenters. The number of benzene rings is 2. The lowest BCUT2D eigenvalue weighted by Crippen LogP contribution is -2.04. The highest BCUT2D eigenvalue weighted by molar-refractivity contribution is 7.23. The second-order valence-corrected chi connectivity index (χ2v) is 6.09. The van der Waals surface area contributed by atoms with Gasteiger partial charge in [0.1, 0.15) is 0 Å². The Morgan fingerprint density at radius 2 is 2.00 bits per heavy atom. The maximum atomic E-state index is 8.89. The Morgan fingerprint density at radius 3 is 2.82 bits per heavy atom. The minimum absolute atomic E-state index is 0.131. The first-order valence-electron chi connectivity index (χ1n) is 7.17. The van der Waals surface area contributed by atoms with Crippen LogP contribution in [0.3, 0.4) is 0 Å². The van der Waals surface area contributed by atoms with Crippen LogP contribution < -0.4 is 5.32 Å². The molecule has 0 atom stereocenters. The summed E-state index contributed by atoms with van der Waals surface area (Å²) in [7, 11) is 0. The summed E-state index contributed by atoms with van der Waals surface area (Å²) in [5.74, 6) is 0. The van der Waals surface area contributed by atoms with Crippen LogP contribution in [0.15, 0.2) is 54.7 Å². The van der Waals surface area contributed by atoms with Crippen LogP contribution >= 0.6 is 11.3 Å². The van der Waals surface area contributed by atoms with E-state index in [4.69, 9.17) is 10.1 Å². The van der Waals surface area contributed by atoms with E-state index in [1.807, 2.05) is 24.3 Å². The molecule has 0 spiro atoms. The maximum absolute atomic E-state index is 8.89. The lowest BCUT2D eigenvalue weighted by atomic mass is 10.2. The van der Waals surface area contributed by atoms with Gasteiger partial charge in [-0.3, -0.25) is 4.40 Å². The lowest BCUT2D eigenvalue weighted by molar-refractivity contribution is 0.311. The van der Waals surface area contributed by atoms with E-state index >= 15 is 0 Å². The van der Waals surface area contributed by atoms with Gasteiger partial charge in [-0.2, -0.15) is 0 Å². The van der Waals surface area contributed by atoms with Crippen molar-refractivity contribution in [3.8, 4) is 11.3 Å². The third-order valence-electron chi connectivity index (χ3n) is 3.60. The number of aliphatic hydroxyl groups excluding tert-OH is 1. The molecule has 2 aromatic heterocycles. The maximum Gasteiger partial charge on any atom is 0.195 e. The number of fused-ring (bicyclic) bond motifs is 3. The van der Waals surface area contributed by atoms with Gasteiger partial charge in [0, 0.05) is 24.0 Å². The first kappa shape index (κ1) is 13.3. The number of hydrogen-bond donors (Lipinski definition) is 2. The standard InChI is InChI=1S/C17H15N3OS/c21-9-8-18-13-6-7-15-16(10-13)22-17-19-14(11-20(15)17)12-4-2-1-3-5-12/h1-7,10-11,18,21H,8-9H2. The molecule has 4 nitrogen and oxygen atoms in total.